The molecule has 6 heteroatoms. The zero-order chi connectivity index (χ0) is 16.4. The van der Waals surface area contributed by atoms with E-state index >= 15 is 0 Å². The molecule has 1 N–H and O–H groups in total. The van der Waals surface area contributed by atoms with Gasteiger partial charge in [-0.2, -0.15) is 0 Å². The number of hydrogen-bond donors (Lipinski definition) is 1. The summed E-state index contributed by atoms with van der Waals surface area (Å²) in [6.07, 6.45) is 0.638. The molecule has 0 aliphatic carbocycles. The smallest absolute Gasteiger partial charge is 0.409 e. The summed E-state index contributed by atoms with van der Waals surface area (Å²) in [4.78, 5) is 13.3. The van der Waals surface area contributed by atoms with Crippen LogP contribution in [0.15, 0.2) is 28.7 Å². The molecule has 0 radical (unpaired) electrons. The number of hydrogen-bond acceptors (Lipinski definition) is 5. The van der Waals surface area contributed by atoms with Crippen LogP contribution in [0.5, 0.6) is 5.75 Å². The lowest BCUT2D eigenvalue weighted by atomic mass is 10.1. The van der Waals surface area contributed by atoms with Gasteiger partial charge in [-0.05, 0) is 25.5 Å². The molecular formula is C17H22N2O4. The third-order valence-corrected chi connectivity index (χ3v) is 4.28. The number of carbonyl (C=O) groups is 1. The molecule has 2 heterocycles. The first kappa shape index (κ1) is 15.7. The normalized spacial score (nSPS) is 19.1. The summed E-state index contributed by atoms with van der Waals surface area (Å²) < 4.78 is 16.1. The number of benzene rings is 1. The molecule has 0 saturated carbocycles. The van der Waals surface area contributed by atoms with Crippen LogP contribution in [0.2, 0.25) is 0 Å². The molecule has 0 bridgehead atoms. The van der Waals surface area contributed by atoms with Gasteiger partial charge in [0.1, 0.15) is 5.76 Å². The van der Waals surface area contributed by atoms with Crippen LogP contribution in [0.25, 0.3) is 11.0 Å². The number of ether oxygens (including phenoxy) is 2. The van der Waals surface area contributed by atoms with Gasteiger partial charge in [0.25, 0.3) is 0 Å². The number of methoxy groups -OCH3 is 2. The fraction of sp³-hybridized carbons (Fsp3) is 0.471. The van der Waals surface area contributed by atoms with Crippen molar-refractivity contribution in [3.63, 3.8) is 0 Å². The minimum Gasteiger partial charge on any atom is -0.493 e. The maximum absolute atomic E-state index is 11.5. The highest BCUT2D eigenvalue weighted by atomic mass is 16.5. The van der Waals surface area contributed by atoms with Gasteiger partial charge in [0, 0.05) is 24.5 Å². The summed E-state index contributed by atoms with van der Waals surface area (Å²) >= 11 is 0. The van der Waals surface area contributed by atoms with Crippen molar-refractivity contribution in [3.05, 3.63) is 30.0 Å². The maximum Gasteiger partial charge on any atom is 0.409 e. The Morgan fingerprint density at radius 1 is 1.43 bits per heavy atom. The molecule has 1 aromatic heterocycles. The largest absolute Gasteiger partial charge is 0.493 e. The van der Waals surface area contributed by atoms with Crippen molar-refractivity contribution in [1.29, 1.82) is 0 Å². The third kappa shape index (κ3) is 3.12. The lowest BCUT2D eigenvalue weighted by Crippen LogP contribution is -2.36. The Kier molecular flexibility index (Phi) is 4.43. The first-order valence-electron chi connectivity index (χ1n) is 7.77. The van der Waals surface area contributed by atoms with Crippen molar-refractivity contribution in [1.82, 2.24) is 10.2 Å². The highest BCUT2D eigenvalue weighted by molar-refractivity contribution is 5.83. The van der Waals surface area contributed by atoms with Crippen molar-refractivity contribution < 1.29 is 18.7 Å². The topological polar surface area (TPSA) is 63.9 Å². The van der Waals surface area contributed by atoms with E-state index in [0.717, 1.165) is 28.9 Å². The molecule has 2 aromatic rings. The number of likely N-dealkylation sites (tertiary alicyclic amines) is 1. The molecule has 1 aliphatic rings. The predicted molar refractivity (Wildman–Crippen MR) is 86.7 cm³/mol. The monoisotopic (exact) mass is 318 g/mol. The van der Waals surface area contributed by atoms with Crippen LogP contribution in [0, 0.1) is 0 Å². The zero-order valence-corrected chi connectivity index (χ0v) is 13.7. The number of para-hydroxylation sites is 1. The standard InChI is InChI=1S/C17H22N2O4/c1-11(18-13-7-8-19(10-13)17(20)22-3)15-9-12-5-4-6-14(21-2)16(12)23-15/h4-6,9,11,13,18H,7-8,10H2,1-3H3/t11-,13-/m1/s1. The molecule has 6 nitrogen and oxygen atoms in total. The summed E-state index contributed by atoms with van der Waals surface area (Å²) in [6, 6.07) is 8.16. The van der Waals surface area contributed by atoms with E-state index < -0.39 is 0 Å². The average Bonchev–Trinajstić information content (AvgIpc) is 3.20. The van der Waals surface area contributed by atoms with Gasteiger partial charge in [-0.3, -0.25) is 0 Å². The van der Waals surface area contributed by atoms with E-state index in [1.807, 2.05) is 24.3 Å². The Morgan fingerprint density at radius 3 is 3.00 bits per heavy atom. The van der Waals surface area contributed by atoms with Gasteiger partial charge in [0.15, 0.2) is 11.3 Å². The highest BCUT2D eigenvalue weighted by Crippen LogP contribution is 2.31. The van der Waals surface area contributed by atoms with Crippen molar-refractivity contribution in [3.8, 4) is 5.75 Å². The lowest BCUT2D eigenvalue weighted by Gasteiger charge is -2.18. The van der Waals surface area contributed by atoms with Crippen molar-refractivity contribution in [2.75, 3.05) is 27.3 Å². The number of nitrogens with zero attached hydrogens (tertiary/aromatic N) is 1. The molecule has 2 atom stereocenters. The number of amides is 1. The quantitative estimate of drug-likeness (QED) is 0.939. The number of furan rings is 1. The first-order chi connectivity index (χ1) is 11.1. The molecule has 124 valence electrons. The van der Waals surface area contributed by atoms with E-state index in [1.54, 1.807) is 12.0 Å². The second-order valence-electron chi connectivity index (χ2n) is 5.82. The maximum atomic E-state index is 11.5. The van der Waals surface area contributed by atoms with Crippen molar-refractivity contribution in [2.45, 2.75) is 25.4 Å². The minimum atomic E-state index is -0.268. The summed E-state index contributed by atoms with van der Waals surface area (Å²) in [5.74, 6) is 1.60. The van der Waals surface area contributed by atoms with Crippen LogP contribution in [0.3, 0.4) is 0 Å². The zero-order valence-electron chi connectivity index (χ0n) is 13.7. The molecular weight excluding hydrogens is 296 g/mol. The fourth-order valence-corrected chi connectivity index (χ4v) is 3.06. The number of rotatable bonds is 4. The minimum absolute atomic E-state index is 0.0507. The van der Waals surface area contributed by atoms with Gasteiger partial charge < -0.3 is 24.1 Å². The highest BCUT2D eigenvalue weighted by Gasteiger charge is 2.28. The van der Waals surface area contributed by atoms with E-state index in [9.17, 15) is 4.79 Å². The Bertz CT molecular complexity index is 697. The molecule has 1 fully saturated rings. The molecule has 1 saturated heterocycles. The van der Waals surface area contributed by atoms with Gasteiger partial charge in [-0.15, -0.1) is 0 Å². The van der Waals surface area contributed by atoms with Gasteiger partial charge in [-0.25, -0.2) is 4.79 Å². The Morgan fingerprint density at radius 2 is 2.26 bits per heavy atom. The fourth-order valence-electron chi connectivity index (χ4n) is 3.06. The van der Waals surface area contributed by atoms with Gasteiger partial charge in [-0.1, -0.05) is 12.1 Å². The van der Waals surface area contributed by atoms with Crippen LogP contribution in [-0.2, 0) is 4.74 Å². The molecule has 1 aliphatic heterocycles. The molecule has 23 heavy (non-hydrogen) atoms. The molecule has 3 rings (SSSR count). The third-order valence-electron chi connectivity index (χ3n) is 4.28. The Hall–Kier alpha value is -2.21. The van der Waals surface area contributed by atoms with Gasteiger partial charge in [0.05, 0.1) is 20.3 Å². The van der Waals surface area contributed by atoms with Crippen LogP contribution >= 0.6 is 0 Å². The Labute approximate surface area is 135 Å². The number of fused-ring (bicyclic) bond motifs is 1. The van der Waals surface area contributed by atoms with Crippen LogP contribution in [0.1, 0.15) is 25.1 Å². The Balaban J connectivity index is 1.69. The van der Waals surface area contributed by atoms with Crippen LogP contribution in [-0.4, -0.2) is 44.3 Å². The van der Waals surface area contributed by atoms with E-state index in [2.05, 4.69) is 12.2 Å². The molecule has 1 aromatic carbocycles. The molecule has 0 unspecified atom stereocenters. The van der Waals surface area contributed by atoms with Crippen molar-refractivity contribution in [2.24, 2.45) is 0 Å². The first-order valence-corrected chi connectivity index (χ1v) is 7.77. The summed E-state index contributed by atoms with van der Waals surface area (Å²) in [7, 11) is 3.05. The summed E-state index contributed by atoms with van der Waals surface area (Å²) in [5.41, 5.74) is 0.765. The molecule has 1 amide bonds. The predicted octanol–water partition coefficient (Wildman–Crippen LogP) is 2.93. The number of carbonyl (C=O) groups excluding carboxylic acids is 1. The second-order valence-corrected chi connectivity index (χ2v) is 5.82. The van der Waals surface area contributed by atoms with Crippen LogP contribution < -0.4 is 10.1 Å². The summed E-state index contributed by atoms with van der Waals surface area (Å²) in [5, 5.41) is 4.54. The van der Waals surface area contributed by atoms with Crippen LogP contribution in [0.4, 0.5) is 4.79 Å². The lowest BCUT2D eigenvalue weighted by molar-refractivity contribution is 0.132. The van der Waals surface area contributed by atoms with E-state index in [0.29, 0.717) is 13.1 Å². The van der Waals surface area contributed by atoms with E-state index in [1.165, 1.54) is 7.11 Å². The second kappa shape index (κ2) is 6.50. The number of nitrogens with one attached hydrogen (secondary N) is 1. The van der Waals surface area contributed by atoms with Gasteiger partial charge >= 0.3 is 6.09 Å². The SMILES string of the molecule is COC(=O)N1CC[C@@H](N[C@H](C)c2cc3cccc(OC)c3o2)C1. The average molecular weight is 318 g/mol. The van der Waals surface area contributed by atoms with E-state index in [4.69, 9.17) is 13.9 Å². The summed E-state index contributed by atoms with van der Waals surface area (Å²) in [6.45, 7) is 3.43. The van der Waals surface area contributed by atoms with Gasteiger partial charge in [0.2, 0.25) is 0 Å². The van der Waals surface area contributed by atoms with E-state index in [-0.39, 0.29) is 18.2 Å². The molecule has 0 spiro atoms. The van der Waals surface area contributed by atoms with Crippen molar-refractivity contribution >= 4 is 17.1 Å².